The Labute approximate surface area is 174 Å². The van der Waals surface area contributed by atoms with E-state index < -0.39 is 0 Å². The van der Waals surface area contributed by atoms with Crippen molar-refractivity contribution in [1.82, 2.24) is 9.97 Å². The van der Waals surface area contributed by atoms with Crippen molar-refractivity contribution in [1.29, 1.82) is 0 Å². The normalized spacial score (nSPS) is 18.8. The average Bonchev–Trinajstić information content (AvgIpc) is 3.31. The number of aryl methyl sites for hydroxylation is 1. The maximum atomic E-state index is 12.4. The zero-order chi connectivity index (χ0) is 19.5. The molecular weight excluding hydrogens is 394 g/mol. The smallest absolute Gasteiger partial charge is 0.348 e. The number of thiophene rings is 1. The molecule has 4 rings (SSSR count). The number of nitrogens with zero attached hydrogens (tertiary/aromatic N) is 2. The minimum Gasteiger partial charge on any atom is -0.462 e. The molecule has 1 aliphatic carbocycles. The van der Waals surface area contributed by atoms with E-state index >= 15 is 0 Å². The van der Waals surface area contributed by atoms with Crippen LogP contribution < -0.4 is 4.90 Å². The summed E-state index contributed by atoms with van der Waals surface area (Å²) in [5.41, 5.74) is 0.962. The number of carbonyl (C=O) groups is 1. The number of nitrogens with one attached hydrogen (secondary N) is 1. The molecule has 1 saturated carbocycles. The minimum atomic E-state index is -0.250. The molecule has 0 amide bonds. The van der Waals surface area contributed by atoms with E-state index in [1.807, 2.05) is 25.6 Å². The van der Waals surface area contributed by atoms with Gasteiger partial charge in [0.05, 0.1) is 19.8 Å². The topological polar surface area (TPSA) is 65.8 Å². The molecule has 1 saturated heterocycles. The van der Waals surface area contributed by atoms with Gasteiger partial charge in [0.25, 0.3) is 0 Å². The van der Waals surface area contributed by atoms with Crippen LogP contribution in [0.2, 0.25) is 0 Å². The van der Waals surface area contributed by atoms with Gasteiger partial charge in [-0.15, -0.1) is 23.1 Å². The van der Waals surface area contributed by atoms with E-state index in [1.165, 1.54) is 41.9 Å². The van der Waals surface area contributed by atoms with Crippen LogP contribution in [0.1, 0.15) is 53.7 Å². The van der Waals surface area contributed by atoms with Gasteiger partial charge in [0.2, 0.25) is 0 Å². The number of fused-ring (bicyclic) bond motifs is 1. The summed E-state index contributed by atoms with van der Waals surface area (Å²) in [7, 11) is 0. The van der Waals surface area contributed by atoms with Gasteiger partial charge >= 0.3 is 5.97 Å². The van der Waals surface area contributed by atoms with Crippen LogP contribution in [0, 0.1) is 6.92 Å². The fraction of sp³-hybridized carbons (Fsp3) is 0.650. The number of rotatable bonds is 6. The monoisotopic (exact) mass is 422 g/mol. The molecule has 0 spiro atoms. The summed E-state index contributed by atoms with van der Waals surface area (Å²) in [6.45, 7) is 8.61. The highest BCUT2D eigenvalue weighted by atomic mass is 32.2. The zero-order valence-electron chi connectivity index (χ0n) is 16.6. The van der Waals surface area contributed by atoms with Crippen molar-refractivity contribution in [3.8, 4) is 0 Å². The average molecular weight is 423 g/mol. The first-order valence-electron chi connectivity index (χ1n) is 10.2. The van der Waals surface area contributed by atoms with Gasteiger partial charge in [0.15, 0.2) is 5.82 Å². The first kappa shape index (κ1) is 20.1. The Hall–Kier alpha value is -1.22. The maximum absolute atomic E-state index is 12.4. The number of quaternary nitrogens is 1. The van der Waals surface area contributed by atoms with E-state index in [0.29, 0.717) is 16.7 Å². The summed E-state index contributed by atoms with van der Waals surface area (Å²) >= 11 is 3.33. The van der Waals surface area contributed by atoms with Crippen LogP contribution in [-0.2, 0) is 16.0 Å². The summed E-state index contributed by atoms with van der Waals surface area (Å²) in [4.78, 5) is 25.3. The van der Waals surface area contributed by atoms with Crippen LogP contribution in [0.25, 0.3) is 10.2 Å². The van der Waals surface area contributed by atoms with Crippen molar-refractivity contribution in [3.05, 3.63) is 16.3 Å². The van der Waals surface area contributed by atoms with Gasteiger partial charge < -0.3 is 14.4 Å². The molecule has 2 aromatic heterocycles. The van der Waals surface area contributed by atoms with Crippen molar-refractivity contribution < 1.29 is 19.2 Å². The predicted octanol–water partition coefficient (Wildman–Crippen LogP) is 2.63. The van der Waals surface area contributed by atoms with Crippen LogP contribution in [-0.4, -0.2) is 54.1 Å². The van der Waals surface area contributed by atoms with Gasteiger partial charge in [-0.1, -0.05) is 12.8 Å². The molecule has 1 N–H and O–H groups in total. The highest BCUT2D eigenvalue weighted by Crippen LogP contribution is 2.40. The molecule has 0 aromatic carbocycles. The maximum Gasteiger partial charge on any atom is 0.348 e. The van der Waals surface area contributed by atoms with E-state index in [-0.39, 0.29) is 5.97 Å². The lowest BCUT2D eigenvalue weighted by Crippen LogP contribution is -3.12. The Morgan fingerprint density at radius 1 is 1.29 bits per heavy atom. The molecule has 1 aliphatic heterocycles. The molecule has 0 radical (unpaired) electrons. The van der Waals surface area contributed by atoms with Crippen molar-refractivity contribution in [2.45, 2.75) is 56.4 Å². The number of thioether (sulfide) groups is 1. The quantitative estimate of drug-likeness (QED) is 0.570. The number of hydrogen-bond acceptors (Lipinski definition) is 7. The molecule has 6 nitrogen and oxygen atoms in total. The number of hydrogen-bond donors (Lipinski definition) is 1. The number of ether oxygens (including phenoxy) is 2. The van der Waals surface area contributed by atoms with Gasteiger partial charge in [-0.2, -0.15) is 0 Å². The van der Waals surface area contributed by atoms with Crippen LogP contribution in [0.5, 0.6) is 0 Å². The second-order valence-electron chi connectivity index (χ2n) is 7.47. The van der Waals surface area contributed by atoms with E-state index in [4.69, 9.17) is 19.4 Å². The van der Waals surface area contributed by atoms with Crippen LogP contribution in [0.15, 0.2) is 5.03 Å². The van der Waals surface area contributed by atoms with Crippen molar-refractivity contribution >= 4 is 39.3 Å². The molecule has 2 fully saturated rings. The Balaban J connectivity index is 1.70. The largest absolute Gasteiger partial charge is 0.462 e. The molecule has 152 valence electrons. The summed E-state index contributed by atoms with van der Waals surface area (Å²) in [6, 6.07) is 0. The summed E-state index contributed by atoms with van der Waals surface area (Å²) in [5.74, 6) is 0.627. The van der Waals surface area contributed by atoms with E-state index in [0.717, 1.165) is 59.5 Å². The molecule has 2 aromatic rings. The van der Waals surface area contributed by atoms with Gasteiger partial charge in [-0.25, -0.2) is 14.8 Å². The van der Waals surface area contributed by atoms with E-state index in [1.54, 1.807) is 0 Å². The number of aromatic nitrogens is 2. The van der Waals surface area contributed by atoms with Gasteiger partial charge in [0, 0.05) is 10.6 Å². The van der Waals surface area contributed by atoms with Crippen molar-refractivity contribution in [2.75, 3.05) is 32.9 Å². The molecule has 0 bridgehead atoms. The molecular formula is C20H28N3O3S2+. The molecule has 0 unspecified atom stereocenters. The van der Waals surface area contributed by atoms with Gasteiger partial charge in [0.1, 0.15) is 34.4 Å². The van der Waals surface area contributed by atoms with E-state index in [2.05, 4.69) is 0 Å². The highest BCUT2D eigenvalue weighted by Gasteiger charge is 2.26. The third kappa shape index (κ3) is 4.35. The minimum absolute atomic E-state index is 0.250. The fourth-order valence-corrected chi connectivity index (χ4v) is 6.49. The highest BCUT2D eigenvalue weighted by molar-refractivity contribution is 8.00. The van der Waals surface area contributed by atoms with E-state index in [9.17, 15) is 4.79 Å². The van der Waals surface area contributed by atoms with Crippen LogP contribution >= 0.6 is 23.1 Å². The van der Waals surface area contributed by atoms with Crippen LogP contribution in [0.3, 0.4) is 0 Å². The Morgan fingerprint density at radius 2 is 2.04 bits per heavy atom. The second kappa shape index (κ2) is 9.07. The summed E-state index contributed by atoms with van der Waals surface area (Å²) in [6.07, 6.45) is 5.09. The molecule has 8 heteroatoms. The summed E-state index contributed by atoms with van der Waals surface area (Å²) < 4.78 is 10.7. The fourth-order valence-electron chi connectivity index (χ4n) is 3.92. The van der Waals surface area contributed by atoms with Gasteiger partial charge in [-0.05, 0) is 32.3 Å². The third-order valence-corrected chi connectivity index (χ3v) is 7.94. The molecule has 0 atom stereocenters. The molecule has 2 aliphatic rings. The molecule has 28 heavy (non-hydrogen) atoms. The first-order chi connectivity index (χ1) is 13.7. The Morgan fingerprint density at radius 3 is 2.75 bits per heavy atom. The Kier molecular flexibility index (Phi) is 6.50. The predicted molar refractivity (Wildman–Crippen MR) is 111 cm³/mol. The van der Waals surface area contributed by atoms with Gasteiger partial charge in [-0.3, -0.25) is 0 Å². The zero-order valence-corrected chi connectivity index (χ0v) is 18.2. The standard InChI is InChI=1S/C20H27N3O3S2/c1-3-26-20(24)17-13(2)16-18(27-14-6-4-5-7-14)21-15(22-19(16)28-17)12-23-8-10-25-11-9-23/h14H,3-12H2,1-2H3/p+1. The SMILES string of the molecule is CCOC(=O)c1sc2nc(C[NH+]3CCOCC3)nc(SC3CCCC3)c2c1C. The summed E-state index contributed by atoms with van der Waals surface area (Å²) in [5, 5.41) is 2.71. The first-order valence-corrected chi connectivity index (χ1v) is 11.9. The third-order valence-electron chi connectivity index (χ3n) is 5.45. The number of esters is 1. The van der Waals surface area contributed by atoms with Crippen molar-refractivity contribution in [2.24, 2.45) is 0 Å². The van der Waals surface area contributed by atoms with Crippen molar-refractivity contribution in [3.63, 3.8) is 0 Å². The lowest BCUT2D eigenvalue weighted by Gasteiger charge is -2.23. The Bertz CT molecular complexity index is 843. The van der Waals surface area contributed by atoms with Crippen LogP contribution in [0.4, 0.5) is 0 Å². The number of carbonyl (C=O) groups excluding carboxylic acids is 1. The lowest BCUT2D eigenvalue weighted by atomic mass is 10.2. The lowest BCUT2D eigenvalue weighted by molar-refractivity contribution is -0.922. The number of morpholine rings is 1. The second-order valence-corrected chi connectivity index (χ2v) is 9.75. The molecule has 3 heterocycles.